The Bertz CT molecular complexity index is 612. The lowest BCUT2D eigenvalue weighted by Crippen LogP contribution is -2.31. The standard InChI is InChI=1S/C14H14Cl2N4/c15-11-7-3-2-6-10(11)12-17-13(16)19-14(18-12)20-8-4-1-5-9-20/h2-3,6-7H,1,4-5,8-9H2. The van der Waals surface area contributed by atoms with Crippen LogP contribution < -0.4 is 4.90 Å². The van der Waals surface area contributed by atoms with Gasteiger partial charge in [-0.2, -0.15) is 15.0 Å². The monoisotopic (exact) mass is 308 g/mol. The average Bonchev–Trinajstić information content (AvgIpc) is 2.48. The molecule has 3 rings (SSSR count). The van der Waals surface area contributed by atoms with Gasteiger partial charge in [0.05, 0.1) is 5.02 Å². The maximum absolute atomic E-state index is 6.19. The summed E-state index contributed by atoms with van der Waals surface area (Å²) in [6.07, 6.45) is 3.57. The maximum atomic E-state index is 6.19. The smallest absolute Gasteiger partial charge is 0.230 e. The van der Waals surface area contributed by atoms with Crippen molar-refractivity contribution in [2.45, 2.75) is 19.3 Å². The van der Waals surface area contributed by atoms with Crippen molar-refractivity contribution in [1.82, 2.24) is 15.0 Å². The van der Waals surface area contributed by atoms with Gasteiger partial charge in [0.25, 0.3) is 0 Å². The molecule has 0 aliphatic carbocycles. The fourth-order valence-corrected chi connectivity index (χ4v) is 2.71. The summed E-state index contributed by atoms with van der Waals surface area (Å²) in [7, 11) is 0. The van der Waals surface area contributed by atoms with Crippen molar-refractivity contribution in [1.29, 1.82) is 0 Å². The van der Waals surface area contributed by atoms with Crippen LogP contribution in [-0.4, -0.2) is 28.0 Å². The summed E-state index contributed by atoms with van der Waals surface area (Å²) in [6, 6.07) is 7.47. The summed E-state index contributed by atoms with van der Waals surface area (Å²) >= 11 is 12.2. The van der Waals surface area contributed by atoms with Gasteiger partial charge < -0.3 is 4.90 Å². The van der Waals surface area contributed by atoms with Crippen molar-refractivity contribution in [2.24, 2.45) is 0 Å². The largest absolute Gasteiger partial charge is 0.341 e. The highest BCUT2D eigenvalue weighted by Crippen LogP contribution is 2.27. The molecule has 0 unspecified atom stereocenters. The van der Waals surface area contributed by atoms with Gasteiger partial charge in [-0.1, -0.05) is 23.7 Å². The minimum atomic E-state index is 0.204. The van der Waals surface area contributed by atoms with Crippen LogP contribution in [0.1, 0.15) is 19.3 Å². The van der Waals surface area contributed by atoms with E-state index < -0.39 is 0 Å². The van der Waals surface area contributed by atoms with Crippen LogP contribution in [0.15, 0.2) is 24.3 Å². The minimum Gasteiger partial charge on any atom is -0.341 e. The SMILES string of the molecule is Clc1nc(-c2ccccc2Cl)nc(N2CCCCC2)n1. The first kappa shape index (κ1) is 13.6. The first-order chi connectivity index (χ1) is 9.74. The third-order valence-electron chi connectivity index (χ3n) is 3.35. The Morgan fingerprint density at radius 2 is 1.65 bits per heavy atom. The number of anilines is 1. The number of hydrogen-bond donors (Lipinski definition) is 0. The molecule has 0 amide bonds. The highest BCUT2D eigenvalue weighted by Gasteiger charge is 2.17. The van der Waals surface area contributed by atoms with Crippen molar-refractivity contribution in [3.05, 3.63) is 34.6 Å². The number of hydrogen-bond acceptors (Lipinski definition) is 4. The predicted molar refractivity (Wildman–Crippen MR) is 81.3 cm³/mol. The van der Waals surface area contributed by atoms with Gasteiger partial charge in [0.15, 0.2) is 5.82 Å². The van der Waals surface area contributed by atoms with Gasteiger partial charge in [-0.3, -0.25) is 0 Å². The molecule has 6 heteroatoms. The van der Waals surface area contributed by atoms with Gasteiger partial charge in [0, 0.05) is 18.7 Å². The Hall–Kier alpha value is -1.39. The summed E-state index contributed by atoms with van der Waals surface area (Å²) < 4.78 is 0. The lowest BCUT2D eigenvalue weighted by molar-refractivity contribution is 0.567. The van der Waals surface area contributed by atoms with Crippen LogP contribution >= 0.6 is 23.2 Å². The maximum Gasteiger partial charge on any atom is 0.230 e. The number of piperidine rings is 1. The van der Waals surface area contributed by atoms with Crippen LogP contribution in [0.3, 0.4) is 0 Å². The van der Waals surface area contributed by atoms with Gasteiger partial charge in [0.2, 0.25) is 11.2 Å². The summed E-state index contributed by atoms with van der Waals surface area (Å²) in [6.45, 7) is 1.92. The molecule has 4 nitrogen and oxygen atoms in total. The average molecular weight is 309 g/mol. The molecule has 1 aromatic heterocycles. The number of halogens is 2. The fourth-order valence-electron chi connectivity index (χ4n) is 2.34. The van der Waals surface area contributed by atoms with Crippen LogP contribution in [0.5, 0.6) is 0 Å². The van der Waals surface area contributed by atoms with E-state index in [0.29, 0.717) is 16.8 Å². The van der Waals surface area contributed by atoms with Crippen molar-refractivity contribution in [3.8, 4) is 11.4 Å². The van der Waals surface area contributed by atoms with E-state index in [1.54, 1.807) is 0 Å². The van der Waals surface area contributed by atoms with E-state index in [9.17, 15) is 0 Å². The van der Waals surface area contributed by atoms with Crippen molar-refractivity contribution in [2.75, 3.05) is 18.0 Å². The van der Waals surface area contributed by atoms with Crippen LogP contribution in [-0.2, 0) is 0 Å². The zero-order chi connectivity index (χ0) is 13.9. The van der Waals surface area contributed by atoms with Gasteiger partial charge in [-0.25, -0.2) is 0 Å². The van der Waals surface area contributed by atoms with Crippen LogP contribution in [0.2, 0.25) is 10.3 Å². The fraction of sp³-hybridized carbons (Fsp3) is 0.357. The third kappa shape index (κ3) is 2.86. The Kier molecular flexibility index (Phi) is 4.03. The molecule has 1 fully saturated rings. The van der Waals surface area contributed by atoms with E-state index in [2.05, 4.69) is 19.9 Å². The van der Waals surface area contributed by atoms with E-state index in [-0.39, 0.29) is 5.28 Å². The molecule has 0 N–H and O–H groups in total. The second-order valence-electron chi connectivity index (χ2n) is 4.76. The molecule has 0 atom stereocenters. The Balaban J connectivity index is 2.00. The van der Waals surface area contributed by atoms with Gasteiger partial charge in [-0.05, 0) is 43.0 Å². The molecule has 104 valence electrons. The molecule has 0 bridgehead atoms. The molecule has 1 aliphatic rings. The van der Waals surface area contributed by atoms with Crippen molar-refractivity contribution >= 4 is 29.2 Å². The van der Waals surface area contributed by atoms with E-state index >= 15 is 0 Å². The van der Waals surface area contributed by atoms with Crippen LogP contribution in [0.4, 0.5) is 5.95 Å². The van der Waals surface area contributed by atoms with Crippen molar-refractivity contribution < 1.29 is 0 Å². The first-order valence-corrected chi connectivity index (χ1v) is 7.41. The summed E-state index contributed by atoms with van der Waals surface area (Å²) in [5.74, 6) is 1.16. The molecule has 2 heterocycles. The van der Waals surface area contributed by atoms with Gasteiger partial charge >= 0.3 is 0 Å². The molecule has 2 aromatic rings. The molecular formula is C14H14Cl2N4. The minimum absolute atomic E-state index is 0.204. The quantitative estimate of drug-likeness (QED) is 0.845. The number of nitrogens with zero attached hydrogens (tertiary/aromatic N) is 4. The lowest BCUT2D eigenvalue weighted by atomic mass is 10.1. The topological polar surface area (TPSA) is 41.9 Å². The van der Waals surface area contributed by atoms with Crippen LogP contribution in [0.25, 0.3) is 11.4 Å². The van der Waals surface area contributed by atoms with E-state index in [4.69, 9.17) is 23.2 Å². The van der Waals surface area contributed by atoms with Crippen molar-refractivity contribution in [3.63, 3.8) is 0 Å². The Morgan fingerprint density at radius 1 is 0.900 bits per heavy atom. The Labute approximate surface area is 127 Å². The summed E-state index contributed by atoms with van der Waals surface area (Å²) in [5, 5.41) is 0.815. The second-order valence-corrected chi connectivity index (χ2v) is 5.50. The zero-order valence-electron chi connectivity index (χ0n) is 10.9. The van der Waals surface area contributed by atoms with Crippen LogP contribution in [0, 0.1) is 0 Å². The second kappa shape index (κ2) is 5.94. The third-order valence-corrected chi connectivity index (χ3v) is 3.85. The van der Waals surface area contributed by atoms with E-state index in [0.717, 1.165) is 31.5 Å². The summed E-state index contributed by atoms with van der Waals surface area (Å²) in [5.41, 5.74) is 0.775. The van der Waals surface area contributed by atoms with Gasteiger partial charge in [-0.15, -0.1) is 0 Å². The number of rotatable bonds is 2. The molecular weight excluding hydrogens is 295 g/mol. The molecule has 0 saturated carbocycles. The molecule has 20 heavy (non-hydrogen) atoms. The lowest BCUT2D eigenvalue weighted by Gasteiger charge is -2.26. The number of benzene rings is 1. The summed E-state index contributed by atoms with van der Waals surface area (Å²) in [4.78, 5) is 15.1. The Morgan fingerprint density at radius 3 is 2.40 bits per heavy atom. The molecule has 1 aliphatic heterocycles. The van der Waals surface area contributed by atoms with E-state index in [1.165, 1.54) is 6.42 Å². The molecule has 1 aromatic carbocycles. The molecule has 1 saturated heterocycles. The highest BCUT2D eigenvalue weighted by molar-refractivity contribution is 6.33. The first-order valence-electron chi connectivity index (χ1n) is 6.65. The zero-order valence-corrected chi connectivity index (χ0v) is 12.4. The highest BCUT2D eigenvalue weighted by atomic mass is 35.5. The number of aromatic nitrogens is 3. The van der Waals surface area contributed by atoms with Gasteiger partial charge in [0.1, 0.15) is 0 Å². The molecule has 0 spiro atoms. The normalized spacial score (nSPS) is 15.4. The van der Waals surface area contributed by atoms with E-state index in [1.807, 2.05) is 24.3 Å². The predicted octanol–water partition coefficient (Wildman–Crippen LogP) is 3.84. The molecule has 0 radical (unpaired) electrons.